The Kier molecular flexibility index (Phi) is 5.17. The molecule has 0 unspecified atom stereocenters. The topological polar surface area (TPSA) is 29.0 Å². The standard InChI is InChI=1S/C21H24F3N3/c22-21(23,24)18-8-6-16(7-9-18)20-25-12-17-10-11-27(14-19(17)26-20)13-15-4-2-1-3-5-15/h6-9,12,15H,1-5,10-11,13-14H2. The van der Waals surface area contributed by atoms with Gasteiger partial charge in [0.05, 0.1) is 11.3 Å². The first-order valence-electron chi connectivity index (χ1n) is 9.74. The van der Waals surface area contributed by atoms with E-state index in [2.05, 4.69) is 14.9 Å². The maximum atomic E-state index is 12.7. The zero-order valence-corrected chi connectivity index (χ0v) is 15.3. The first-order valence-corrected chi connectivity index (χ1v) is 9.74. The number of alkyl halides is 3. The van der Waals surface area contributed by atoms with Crippen molar-refractivity contribution in [3.05, 3.63) is 47.3 Å². The van der Waals surface area contributed by atoms with E-state index in [4.69, 9.17) is 0 Å². The molecule has 2 aromatic rings. The molecule has 1 aromatic carbocycles. The minimum atomic E-state index is -4.32. The van der Waals surface area contributed by atoms with Crippen molar-refractivity contribution in [3.8, 4) is 11.4 Å². The number of hydrogen-bond donors (Lipinski definition) is 0. The number of halogens is 3. The summed E-state index contributed by atoms with van der Waals surface area (Å²) in [4.78, 5) is 11.5. The summed E-state index contributed by atoms with van der Waals surface area (Å²) in [6.45, 7) is 2.97. The second-order valence-electron chi connectivity index (χ2n) is 7.73. The Hall–Kier alpha value is -1.95. The van der Waals surface area contributed by atoms with Crippen molar-refractivity contribution in [3.63, 3.8) is 0 Å². The van der Waals surface area contributed by atoms with E-state index in [9.17, 15) is 13.2 Å². The smallest absolute Gasteiger partial charge is 0.297 e. The molecule has 0 amide bonds. The Bertz CT molecular complexity index is 780. The molecule has 2 heterocycles. The summed E-state index contributed by atoms with van der Waals surface area (Å²) in [6.07, 6.45) is 5.15. The van der Waals surface area contributed by atoms with Gasteiger partial charge in [-0.1, -0.05) is 31.4 Å². The molecular weight excluding hydrogens is 351 g/mol. The summed E-state index contributed by atoms with van der Waals surface area (Å²) >= 11 is 0. The van der Waals surface area contributed by atoms with Gasteiger partial charge in [0.25, 0.3) is 0 Å². The highest BCUT2D eigenvalue weighted by molar-refractivity contribution is 5.56. The lowest BCUT2D eigenvalue weighted by atomic mass is 9.88. The van der Waals surface area contributed by atoms with Gasteiger partial charge in [-0.2, -0.15) is 13.2 Å². The van der Waals surface area contributed by atoms with Gasteiger partial charge in [0.15, 0.2) is 5.82 Å². The molecule has 1 aromatic heterocycles. The van der Waals surface area contributed by atoms with Gasteiger partial charge < -0.3 is 0 Å². The summed E-state index contributed by atoms with van der Waals surface area (Å²) in [5.41, 5.74) is 2.14. The molecule has 0 atom stereocenters. The highest BCUT2D eigenvalue weighted by Crippen LogP contribution is 2.31. The molecule has 1 aliphatic carbocycles. The van der Waals surface area contributed by atoms with Crippen LogP contribution in [0.25, 0.3) is 11.4 Å². The fourth-order valence-corrected chi connectivity index (χ4v) is 4.20. The average Bonchev–Trinajstić information content (AvgIpc) is 2.68. The minimum Gasteiger partial charge on any atom is -0.297 e. The fourth-order valence-electron chi connectivity index (χ4n) is 4.20. The second-order valence-corrected chi connectivity index (χ2v) is 7.73. The van der Waals surface area contributed by atoms with Gasteiger partial charge in [0, 0.05) is 31.4 Å². The van der Waals surface area contributed by atoms with Gasteiger partial charge >= 0.3 is 6.18 Å². The van der Waals surface area contributed by atoms with Crippen LogP contribution in [-0.2, 0) is 19.1 Å². The van der Waals surface area contributed by atoms with Crippen LogP contribution in [0.1, 0.15) is 48.9 Å². The van der Waals surface area contributed by atoms with E-state index in [1.807, 2.05) is 6.20 Å². The predicted octanol–water partition coefficient (Wildman–Crippen LogP) is 5.10. The number of hydrogen-bond acceptors (Lipinski definition) is 3. The third-order valence-electron chi connectivity index (χ3n) is 5.74. The van der Waals surface area contributed by atoms with E-state index >= 15 is 0 Å². The van der Waals surface area contributed by atoms with E-state index in [1.165, 1.54) is 44.2 Å². The average molecular weight is 375 g/mol. The minimum absolute atomic E-state index is 0.502. The molecule has 2 aliphatic rings. The van der Waals surface area contributed by atoms with Gasteiger partial charge in [-0.05, 0) is 42.9 Å². The zero-order valence-electron chi connectivity index (χ0n) is 15.3. The first kappa shape index (κ1) is 18.4. The monoisotopic (exact) mass is 375 g/mol. The molecule has 1 saturated carbocycles. The van der Waals surface area contributed by atoms with E-state index in [-0.39, 0.29) is 0 Å². The molecule has 1 fully saturated rings. The molecule has 4 rings (SSSR count). The molecule has 6 heteroatoms. The summed E-state index contributed by atoms with van der Waals surface area (Å²) < 4.78 is 38.2. The van der Waals surface area contributed by atoms with Crippen LogP contribution in [0, 0.1) is 5.92 Å². The van der Waals surface area contributed by atoms with E-state index in [0.29, 0.717) is 11.4 Å². The maximum absolute atomic E-state index is 12.7. The summed E-state index contributed by atoms with van der Waals surface area (Å²) in [5.74, 6) is 1.29. The third-order valence-corrected chi connectivity index (χ3v) is 5.74. The van der Waals surface area contributed by atoms with Crippen LogP contribution in [-0.4, -0.2) is 28.0 Å². The van der Waals surface area contributed by atoms with Crippen LogP contribution in [0.5, 0.6) is 0 Å². The number of benzene rings is 1. The van der Waals surface area contributed by atoms with Crippen molar-refractivity contribution in [1.82, 2.24) is 14.9 Å². The number of nitrogens with zero attached hydrogens (tertiary/aromatic N) is 3. The van der Waals surface area contributed by atoms with Gasteiger partial charge in [-0.25, -0.2) is 9.97 Å². The SMILES string of the molecule is FC(F)(F)c1ccc(-c2ncc3c(n2)CN(CC2CCCCC2)CC3)cc1. The summed E-state index contributed by atoms with van der Waals surface area (Å²) in [6, 6.07) is 5.08. The summed E-state index contributed by atoms with van der Waals surface area (Å²) in [7, 11) is 0. The number of aromatic nitrogens is 2. The normalized spacial score (nSPS) is 19.1. The van der Waals surface area contributed by atoms with Crippen molar-refractivity contribution in [2.75, 3.05) is 13.1 Å². The molecule has 0 spiro atoms. The van der Waals surface area contributed by atoms with Crippen molar-refractivity contribution in [2.45, 2.75) is 51.2 Å². The lowest BCUT2D eigenvalue weighted by molar-refractivity contribution is -0.137. The van der Waals surface area contributed by atoms with Crippen molar-refractivity contribution < 1.29 is 13.2 Å². The molecule has 27 heavy (non-hydrogen) atoms. The van der Waals surface area contributed by atoms with Crippen LogP contribution in [0.4, 0.5) is 13.2 Å². The molecule has 0 saturated heterocycles. The van der Waals surface area contributed by atoms with Gasteiger partial charge in [0.1, 0.15) is 0 Å². The molecular formula is C21H24F3N3. The highest BCUT2D eigenvalue weighted by atomic mass is 19.4. The van der Waals surface area contributed by atoms with Gasteiger partial charge in [0.2, 0.25) is 0 Å². The van der Waals surface area contributed by atoms with Crippen LogP contribution in [0.2, 0.25) is 0 Å². The number of rotatable bonds is 3. The molecule has 0 bridgehead atoms. The Balaban J connectivity index is 1.49. The molecule has 0 radical (unpaired) electrons. The van der Waals surface area contributed by atoms with E-state index < -0.39 is 11.7 Å². The number of fused-ring (bicyclic) bond motifs is 1. The fraction of sp³-hybridized carbons (Fsp3) is 0.524. The predicted molar refractivity (Wildman–Crippen MR) is 98.0 cm³/mol. The van der Waals surface area contributed by atoms with Crippen molar-refractivity contribution >= 4 is 0 Å². The maximum Gasteiger partial charge on any atom is 0.416 e. The third kappa shape index (κ3) is 4.32. The van der Waals surface area contributed by atoms with Crippen LogP contribution < -0.4 is 0 Å². The van der Waals surface area contributed by atoms with Crippen LogP contribution in [0.3, 0.4) is 0 Å². The second kappa shape index (κ2) is 7.58. The van der Waals surface area contributed by atoms with Crippen molar-refractivity contribution in [1.29, 1.82) is 0 Å². The Morgan fingerprint density at radius 3 is 2.48 bits per heavy atom. The quantitative estimate of drug-likeness (QED) is 0.747. The lowest BCUT2D eigenvalue weighted by Crippen LogP contribution is -2.35. The molecule has 0 N–H and O–H groups in total. The Morgan fingerprint density at radius 2 is 1.78 bits per heavy atom. The van der Waals surface area contributed by atoms with Crippen LogP contribution in [0.15, 0.2) is 30.5 Å². The largest absolute Gasteiger partial charge is 0.416 e. The van der Waals surface area contributed by atoms with Crippen LogP contribution >= 0.6 is 0 Å². The molecule has 3 nitrogen and oxygen atoms in total. The van der Waals surface area contributed by atoms with E-state index in [0.717, 1.165) is 55.4 Å². The molecule has 1 aliphatic heterocycles. The molecule has 144 valence electrons. The first-order chi connectivity index (χ1) is 13.0. The Morgan fingerprint density at radius 1 is 1.04 bits per heavy atom. The summed E-state index contributed by atoms with van der Waals surface area (Å²) in [5, 5.41) is 0. The Labute approximate surface area is 157 Å². The highest BCUT2D eigenvalue weighted by Gasteiger charge is 2.30. The zero-order chi connectivity index (χ0) is 18.9. The van der Waals surface area contributed by atoms with E-state index in [1.54, 1.807) is 0 Å². The lowest BCUT2D eigenvalue weighted by Gasteiger charge is -2.32. The van der Waals surface area contributed by atoms with Gasteiger partial charge in [-0.15, -0.1) is 0 Å². The van der Waals surface area contributed by atoms with Gasteiger partial charge in [-0.3, -0.25) is 4.90 Å². The van der Waals surface area contributed by atoms with Crippen molar-refractivity contribution in [2.24, 2.45) is 5.92 Å².